The van der Waals surface area contributed by atoms with Gasteiger partial charge < -0.3 is 10.6 Å². The molecule has 0 amide bonds. The van der Waals surface area contributed by atoms with Crippen LogP contribution < -0.4 is 10.6 Å². The highest BCUT2D eigenvalue weighted by atomic mass is 15.0. The first-order valence-corrected chi connectivity index (χ1v) is 11.3. The Hall–Kier alpha value is -3.66. The van der Waals surface area contributed by atoms with Crippen molar-refractivity contribution in [3.8, 4) is 0 Å². The molecule has 0 aliphatic heterocycles. The average molecular weight is 441 g/mol. The van der Waals surface area contributed by atoms with E-state index in [1.807, 2.05) is 26.0 Å². The predicted octanol–water partition coefficient (Wildman–Crippen LogP) is 7.87. The van der Waals surface area contributed by atoms with Gasteiger partial charge in [-0.1, -0.05) is 56.0 Å². The van der Waals surface area contributed by atoms with Gasteiger partial charge in [0.15, 0.2) is 0 Å². The molecule has 4 heteroatoms. The number of anilines is 3. The number of aryl methyl sites for hydroxylation is 3. The summed E-state index contributed by atoms with van der Waals surface area (Å²) < 4.78 is 0. The number of hydrogen-bond donors (Lipinski definition) is 2. The van der Waals surface area contributed by atoms with Crippen molar-refractivity contribution >= 4 is 29.1 Å². The molecule has 1 heterocycles. The number of rotatable bonds is 7. The fourth-order valence-corrected chi connectivity index (χ4v) is 3.17. The molecule has 0 saturated carbocycles. The van der Waals surface area contributed by atoms with Gasteiger partial charge in [-0.2, -0.15) is 0 Å². The van der Waals surface area contributed by atoms with E-state index in [-0.39, 0.29) is 0 Å². The monoisotopic (exact) mass is 440 g/mol. The first-order chi connectivity index (χ1) is 15.9. The lowest BCUT2D eigenvalue weighted by Crippen LogP contribution is -2.10. The van der Waals surface area contributed by atoms with Gasteiger partial charge in [0.25, 0.3) is 0 Å². The molecule has 0 aliphatic carbocycles. The summed E-state index contributed by atoms with van der Waals surface area (Å²) in [6.45, 7) is 18.2. The van der Waals surface area contributed by atoms with Gasteiger partial charge in [-0.25, -0.2) is 4.98 Å². The molecule has 33 heavy (non-hydrogen) atoms. The highest BCUT2D eigenvalue weighted by Gasteiger charge is 2.09. The van der Waals surface area contributed by atoms with E-state index in [1.54, 1.807) is 12.3 Å². The molecule has 2 N–H and O–H groups in total. The van der Waals surface area contributed by atoms with E-state index in [0.717, 1.165) is 35.0 Å². The molecular formula is C29H36N4. The van der Waals surface area contributed by atoms with Gasteiger partial charge in [0.05, 0.1) is 18.1 Å². The van der Waals surface area contributed by atoms with Crippen molar-refractivity contribution in [1.29, 1.82) is 0 Å². The molecule has 0 atom stereocenters. The second-order valence-corrected chi connectivity index (χ2v) is 7.85. The van der Waals surface area contributed by atoms with Crippen LogP contribution in [-0.4, -0.2) is 10.8 Å². The molecule has 0 radical (unpaired) electrons. The van der Waals surface area contributed by atoms with Crippen LogP contribution in [0.2, 0.25) is 0 Å². The third-order valence-corrected chi connectivity index (χ3v) is 5.21. The van der Waals surface area contributed by atoms with E-state index in [1.165, 1.54) is 22.3 Å². The summed E-state index contributed by atoms with van der Waals surface area (Å²) in [7, 11) is 0. The summed E-state index contributed by atoms with van der Waals surface area (Å²) in [6, 6.07) is 16.8. The van der Waals surface area contributed by atoms with Crippen molar-refractivity contribution in [1.82, 2.24) is 4.98 Å². The third-order valence-electron chi connectivity index (χ3n) is 5.21. The maximum Gasteiger partial charge on any atom is 0.139 e. The summed E-state index contributed by atoms with van der Waals surface area (Å²) in [4.78, 5) is 9.20. The van der Waals surface area contributed by atoms with Gasteiger partial charge in [-0.3, -0.25) is 4.99 Å². The molecule has 0 unspecified atom stereocenters. The van der Waals surface area contributed by atoms with Crippen LogP contribution in [0.4, 0.5) is 17.2 Å². The highest BCUT2D eigenvalue weighted by molar-refractivity contribution is 5.96. The summed E-state index contributed by atoms with van der Waals surface area (Å²) in [6.07, 6.45) is 6.40. The number of aliphatic imine (C=N–C) groups is 1. The molecular weight excluding hydrogens is 404 g/mol. The number of hydrogen-bond acceptors (Lipinski definition) is 3. The summed E-state index contributed by atoms with van der Waals surface area (Å²) >= 11 is 0. The molecule has 172 valence electrons. The second-order valence-electron chi connectivity index (χ2n) is 7.85. The van der Waals surface area contributed by atoms with Crippen LogP contribution in [0.15, 0.2) is 79.0 Å². The summed E-state index contributed by atoms with van der Waals surface area (Å²) in [5.74, 6) is 1.61. The third kappa shape index (κ3) is 7.76. The van der Waals surface area contributed by atoms with E-state index in [4.69, 9.17) is 0 Å². The molecule has 1 aromatic heterocycles. The lowest BCUT2D eigenvalue weighted by molar-refractivity contribution is 1.05. The number of allylic oxidation sites excluding steroid dienone is 1. The Labute approximate surface area is 199 Å². The fourth-order valence-electron chi connectivity index (χ4n) is 3.17. The van der Waals surface area contributed by atoms with E-state index in [0.29, 0.717) is 6.54 Å². The van der Waals surface area contributed by atoms with Crippen molar-refractivity contribution in [2.45, 2.75) is 47.6 Å². The van der Waals surface area contributed by atoms with Crippen molar-refractivity contribution < 1.29 is 0 Å². The zero-order chi connectivity index (χ0) is 24.2. The van der Waals surface area contributed by atoms with Gasteiger partial charge in [-0.15, -0.1) is 6.58 Å². The molecule has 0 saturated heterocycles. The topological polar surface area (TPSA) is 49.3 Å². The Morgan fingerprint density at radius 3 is 2.27 bits per heavy atom. The van der Waals surface area contributed by atoms with Crippen LogP contribution in [0, 0.1) is 13.8 Å². The van der Waals surface area contributed by atoms with Crippen LogP contribution in [0.1, 0.15) is 48.6 Å². The van der Waals surface area contributed by atoms with E-state index >= 15 is 0 Å². The molecule has 0 spiro atoms. The van der Waals surface area contributed by atoms with Crippen molar-refractivity contribution in [2.24, 2.45) is 4.99 Å². The minimum absolute atomic E-state index is 0.644. The lowest BCUT2D eigenvalue weighted by atomic mass is 10.1. The van der Waals surface area contributed by atoms with E-state index in [2.05, 4.69) is 97.0 Å². The van der Waals surface area contributed by atoms with Gasteiger partial charge in [0.1, 0.15) is 5.82 Å². The molecule has 3 aromatic rings. The first-order valence-electron chi connectivity index (χ1n) is 11.3. The molecule has 2 aromatic carbocycles. The Balaban J connectivity index is 0.00000122. The van der Waals surface area contributed by atoms with E-state index < -0.39 is 0 Å². The number of amidine groups is 1. The zero-order valence-corrected chi connectivity index (χ0v) is 20.6. The van der Waals surface area contributed by atoms with Crippen LogP contribution in [0.3, 0.4) is 0 Å². The normalized spacial score (nSPS) is 10.6. The zero-order valence-electron chi connectivity index (χ0n) is 20.6. The maximum atomic E-state index is 4.69. The number of nitrogens with zero attached hydrogens (tertiary/aromatic N) is 2. The van der Waals surface area contributed by atoms with Crippen LogP contribution in [0.5, 0.6) is 0 Å². The Morgan fingerprint density at radius 2 is 1.67 bits per heavy atom. The smallest absolute Gasteiger partial charge is 0.139 e. The standard InChI is InChI=1S/C26H30N4.C3H6/c1-6-21-9-11-22(12-10-21)17-28-20(5)29-25-14-15-27-26(24(25)7-2)30-23-13-8-18(3)19(4)16-23;1-3-2/h7-16H,2,6,17H2,1,3-5H3,(H2,27,28,29,30);3H,1H2,2H3. The van der Waals surface area contributed by atoms with Gasteiger partial charge in [0, 0.05) is 17.4 Å². The Morgan fingerprint density at radius 1 is 1.00 bits per heavy atom. The van der Waals surface area contributed by atoms with E-state index in [9.17, 15) is 0 Å². The minimum Gasteiger partial charge on any atom is -0.344 e. The number of nitrogens with one attached hydrogen (secondary N) is 2. The SMILES string of the molecule is C=CC.C=Cc1c(NC(C)=NCc2ccc(CC)cc2)ccnc1Nc1ccc(C)c(C)c1. The fraction of sp³-hybridized carbons (Fsp3) is 0.241. The predicted molar refractivity (Wildman–Crippen MR) is 146 cm³/mol. The quantitative estimate of drug-likeness (QED) is 0.223. The Kier molecular flexibility index (Phi) is 10.1. The second kappa shape index (κ2) is 13.0. The lowest BCUT2D eigenvalue weighted by Gasteiger charge is -2.15. The summed E-state index contributed by atoms with van der Waals surface area (Å²) in [5, 5.41) is 6.81. The minimum atomic E-state index is 0.644. The summed E-state index contributed by atoms with van der Waals surface area (Å²) in [5.41, 5.74) is 7.89. The molecule has 0 fully saturated rings. The van der Waals surface area contributed by atoms with Gasteiger partial charge in [-0.05, 0) is 74.6 Å². The maximum absolute atomic E-state index is 4.69. The van der Waals surface area contributed by atoms with Crippen LogP contribution in [-0.2, 0) is 13.0 Å². The highest BCUT2D eigenvalue weighted by Crippen LogP contribution is 2.27. The van der Waals surface area contributed by atoms with Crippen molar-refractivity contribution in [3.05, 3.63) is 102 Å². The number of aromatic nitrogens is 1. The molecule has 0 aliphatic rings. The Bertz CT molecular complexity index is 1100. The number of benzene rings is 2. The largest absolute Gasteiger partial charge is 0.344 e. The van der Waals surface area contributed by atoms with Crippen molar-refractivity contribution in [3.63, 3.8) is 0 Å². The number of pyridine rings is 1. The average Bonchev–Trinajstić information content (AvgIpc) is 2.81. The first kappa shape index (κ1) is 25.6. The van der Waals surface area contributed by atoms with Gasteiger partial charge >= 0.3 is 0 Å². The van der Waals surface area contributed by atoms with Crippen molar-refractivity contribution in [2.75, 3.05) is 10.6 Å². The molecule has 3 rings (SSSR count). The molecule has 4 nitrogen and oxygen atoms in total. The van der Waals surface area contributed by atoms with Crippen LogP contribution in [0.25, 0.3) is 6.08 Å². The molecule has 0 bridgehead atoms. The van der Waals surface area contributed by atoms with Gasteiger partial charge in [0.2, 0.25) is 0 Å². The van der Waals surface area contributed by atoms with Crippen LogP contribution >= 0.6 is 0 Å².